The lowest BCUT2D eigenvalue weighted by atomic mass is 10.2. The third-order valence-electron chi connectivity index (χ3n) is 3.11. The van der Waals surface area contributed by atoms with E-state index in [1.54, 1.807) is 0 Å². The normalized spacial score (nSPS) is 21.2. The first-order valence-electron chi connectivity index (χ1n) is 6.95. The Morgan fingerprint density at radius 1 is 1.50 bits per heavy atom. The number of carbonyl (C=O) groups excluding carboxylic acids is 1. The maximum Gasteiger partial charge on any atom is 0.222 e. The average molecular weight is 257 g/mol. The first-order valence-corrected chi connectivity index (χ1v) is 6.95. The highest BCUT2D eigenvalue weighted by Crippen LogP contribution is 2.04. The van der Waals surface area contributed by atoms with E-state index in [1.807, 2.05) is 13.8 Å². The van der Waals surface area contributed by atoms with Crippen LogP contribution >= 0.6 is 0 Å². The van der Waals surface area contributed by atoms with E-state index in [1.165, 1.54) is 0 Å². The summed E-state index contributed by atoms with van der Waals surface area (Å²) >= 11 is 0. The van der Waals surface area contributed by atoms with Crippen LogP contribution in [0.25, 0.3) is 0 Å². The number of nitrogens with one attached hydrogen (secondary N) is 2. The molecule has 5 nitrogen and oxygen atoms in total. The molecular weight excluding hydrogens is 230 g/mol. The number of carbonyl (C=O) groups is 1. The Morgan fingerprint density at radius 2 is 2.28 bits per heavy atom. The van der Waals surface area contributed by atoms with Crippen LogP contribution in [-0.2, 0) is 9.53 Å². The molecule has 1 fully saturated rings. The fourth-order valence-electron chi connectivity index (χ4n) is 1.94. The van der Waals surface area contributed by atoms with Crippen LogP contribution in [0, 0.1) is 5.92 Å². The summed E-state index contributed by atoms with van der Waals surface area (Å²) in [6.07, 6.45) is 0.128. The Morgan fingerprint density at radius 3 is 2.94 bits per heavy atom. The zero-order valence-corrected chi connectivity index (χ0v) is 11.9. The van der Waals surface area contributed by atoms with Crippen LogP contribution in [0.15, 0.2) is 0 Å². The lowest BCUT2D eigenvalue weighted by Gasteiger charge is -2.33. The number of hydrogen-bond acceptors (Lipinski definition) is 4. The van der Waals surface area contributed by atoms with Crippen molar-refractivity contribution in [1.82, 2.24) is 15.5 Å². The summed E-state index contributed by atoms with van der Waals surface area (Å²) in [6, 6.07) is 0. The molecule has 0 aromatic carbocycles. The Hall–Kier alpha value is -0.650. The van der Waals surface area contributed by atoms with E-state index in [4.69, 9.17) is 4.74 Å². The molecular formula is C13H27N3O2. The summed E-state index contributed by atoms with van der Waals surface area (Å²) in [5, 5.41) is 6.26. The van der Waals surface area contributed by atoms with Crippen molar-refractivity contribution in [3.63, 3.8) is 0 Å². The molecule has 0 aliphatic carbocycles. The minimum absolute atomic E-state index is 0.0402. The van der Waals surface area contributed by atoms with E-state index < -0.39 is 0 Å². The molecule has 1 saturated heterocycles. The molecule has 0 radical (unpaired) electrons. The number of rotatable bonds is 7. The molecule has 0 aromatic rings. The summed E-state index contributed by atoms with van der Waals surface area (Å²) in [6.45, 7) is 12.3. The van der Waals surface area contributed by atoms with Gasteiger partial charge in [0.05, 0.1) is 12.7 Å². The Kier molecular flexibility index (Phi) is 7.23. The molecule has 0 spiro atoms. The number of likely N-dealkylation sites (N-methyl/N-ethyl adjacent to an activating group) is 1. The topological polar surface area (TPSA) is 53.6 Å². The van der Waals surface area contributed by atoms with Crippen molar-refractivity contribution in [1.29, 1.82) is 0 Å². The van der Waals surface area contributed by atoms with E-state index in [0.717, 1.165) is 39.3 Å². The molecule has 1 atom stereocenters. The van der Waals surface area contributed by atoms with Crippen LogP contribution in [-0.4, -0.2) is 62.8 Å². The predicted molar refractivity (Wildman–Crippen MR) is 72.6 cm³/mol. The lowest BCUT2D eigenvalue weighted by Crippen LogP contribution is -2.49. The van der Waals surface area contributed by atoms with Crippen LogP contribution in [0.1, 0.15) is 20.8 Å². The van der Waals surface area contributed by atoms with Gasteiger partial charge in [0.15, 0.2) is 0 Å². The van der Waals surface area contributed by atoms with Crippen LogP contribution < -0.4 is 10.6 Å². The van der Waals surface area contributed by atoms with Gasteiger partial charge in [-0.05, 0) is 6.54 Å². The highest BCUT2D eigenvalue weighted by Gasteiger charge is 2.20. The van der Waals surface area contributed by atoms with E-state index in [9.17, 15) is 4.79 Å². The third-order valence-corrected chi connectivity index (χ3v) is 3.11. The zero-order valence-electron chi connectivity index (χ0n) is 11.9. The third kappa shape index (κ3) is 5.80. The first kappa shape index (κ1) is 15.4. The van der Waals surface area contributed by atoms with Crippen LogP contribution in [0.2, 0.25) is 0 Å². The molecule has 1 aliphatic rings. The largest absolute Gasteiger partial charge is 0.374 e. The standard InChI is InChI=1S/C13H27N3O2/c1-4-14-5-6-16-7-8-18-12(10-16)9-15-13(17)11(2)3/h11-12,14H,4-10H2,1-3H3,(H,15,17)/t12-/m1/s1. The van der Waals surface area contributed by atoms with E-state index in [0.29, 0.717) is 6.54 Å². The molecule has 2 N–H and O–H groups in total. The van der Waals surface area contributed by atoms with Crippen molar-refractivity contribution < 1.29 is 9.53 Å². The monoisotopic (exact) mass is 257 g/mol. The molecule has 1 rings (SSSR count). The summed E-state index contributed by atoms with van der Waals surface area (Å²) in [4.78, 5) is 13.9. The van der Waals surface area contributed by atoms with Gasteiger partial charge < -0.3 is 15.4 Å². The van der Waals surface area contributed by atoms with Gasteiger partial charge in [0.25, 0.3) is 0 Å². The van der Waals surface area contributed by atoms with Crippen LogP contribution in [0.3, 0.4) is 0 Å². The Labute approximate surface area is 110 Å². The zero-order chi connectivity index (χ0) is 13.4. The minimum atomic E-state index is 0.0402. The van der Waals surface area contributed by atoms with E-state index in [2.05, 4.69) is 22.5 Å². The molecule has 1 aliphatic heterocycles. The van der Waals surface area contributed by atoms with Gasteiger partial charge in [0, 0.05) is 38.6 Å². The smallest absolute Gasteiger partial charge is 0.222 e. The van der Waals surface area contributed by atoms with Gasteiger partial charge in [-0.1, -0.05) is 20.8 Å². The molecule has 1 amide bonds. The summed E-state index contributed by atoms with van der Waals surface area (Å²) < 4.78 is 5.67. The fraction of sp³-hybridized carbons (Fsp3) is 0.923. The quantitative estimate of drug-likeness (QED) is 0.634. The van der Waals surface area contributed by atoms with Gasteiger partial charge in [-0.25, -0.2) is 0 Å². The van der Waals surface area contributed by atoms with Crippen molar-refractivity contribution in [2.45, 2.75) is 26.9 Å². The number of nitrogens with zero attached hydrogens (tertiary/aromatic N) is 1. The van der Waals surface area contributed by atoms with Crippen molar-refractivity contribution in [2.24, 2.45) is 5.92 Å². The summed E-state index contributed by atoms with van der Waals surface area (Å²) in [7, 11) is 0. The molecule has 0 saturated carbocycles. The molecule has 106 valence electrons. The average Bonchev–Trinajstić information content (AvgIpc) is 2.36. The second kappa shape index (κ2) is 8.45. The maximum absolute atomic E-state index is 11.5. The van der Waals surface area contributed by atoms with Crippen molar-refractivity contribution in [2.75, 3.05) is 45.9 Å². The molecule has 0 unspecified atom stereocenters. The lowest BCUT2D eigenvalue weighted by molar-refractivity contribution is -0.125. The molecule has 0 aromatic heterocycles. The summed E-state index contributed by atoms with van der Waals surface area (Å²) in [5.74, 6) is 0.141. The van der Waals surface area contributed by atoms with Gasteiger partial charge in [-0.2, -0.15) is 0 Å². The number of hydrogen-bond donors (Lipinski definition) is 2. The van der Waals surface area contributed by atoms with Crippen LogP contribution in [0.5, 0.6) is 0 Å². The molecule has 0 bridgehead atoms. The van der Waals surface area contributed by atoms with Crippen molar-refractivity contribution in [3.05, 3.63) is 0 Å². The number of morpholine rings is 1. The van der Waals surface area contributed by atoms with Gasteiger partial charge >= 0.3 is 0 Å². The Balaban J connectivity index is 2.20. The van der Waals surface area contributed by atoms with Crippen LogP contribution in [0.4, 0.5) is 0 Å². The molecule has 5 heteroatoms. The fourth-order valence-corrected chi connectivity index (χ4v) is 1.94. The first-order chi connectivity index (χ1) is 8.63. The Bertz CT molecular complexity index is 246. The van der Waals surface area contributed by atoms with Gasteiger partial charge in [-0.15, -0.1) is 0 Å². The summed E-state index contributed by atoms with van der Waals surface area (Å²) in [5.41, 5.74) is 0. The number of amides is 1. The second-order valence-electron chi connectivity index (χ2n) is 5.05. The van der Waals surface area contributed by atoms with Crippen molar-refractivity contribution >= 4 is 5.91 Å². The molecule has 18 heavy (non-hydrogen) atoms. The van der Waals surface area contributed by atoms with Gasteiger partial charge in [-0.3, -0.25) is 9.69 Å². The molecule has 1 heterocycles. The maximum atomic E-state index is 11.5. The number of ether oxygens (including phenoxy) is 1. The highest BCUT2D eigenvalue weighted by atomic mass is 16.5. The van der Waals surface area contributed by atoms with Gasteiger partial charge in [0.1, 0.15) is 0 Å². The minimum Gasteiger partial charge on any atom is -0.374 e. The predicted octanol–water partition coefficient (Wildman–Crippen LogP) is 0.0689. The second-order valence-corrected chi connectivity index (χ2v) is 5.05. The van der Waals surface area contributed by atoms with Crippen molar-refractivity contribution in [3.8, 4) is 0 Å². The van der Waals surface area contributed by atoms with E-state index >= 15 is 0 Å². The SMILES string of the molecule is CCNCCN1CCO[C@H](CNC(=O)C(C)C)C1. The van der Waals surface area contributed by atoms with E-state index in [-0.39, 0.29) is 17.9 Å². The van der Waals surface area contributed by atoms with Gasteiger partial charge in [0.2, 0.25) is 5.91 Å². The highest BCUT2D eigenvalue weighted by molar-refractivity contribution is 5.77.